The van der Waals surface area contributed by atoms with Gasteiger partial charge in [0.15, 0.2) is 12.6 Å². The minimum Gasteiger partial charge on any atom is -0.497 e. The fourth-order valence-corrected chi connectivity index (χ4v) is 4.81. The van der Waals surface area contributed by atoms with Crippen LogP contribution >= 0.6 is 0 Å². The molecule has 1 saturated carbocycles. The van der Waals surface area contributed by atoms with Crippen molar-refractivity contribution < 1.29 is 38.3 Å². The molecule has 8 nitrogen and oxygen atoms in total. The fourth-order valence-electron chi connectivity index (χ4n) is 4.81. The molecule has 3 unspecified atom stereocenters. The molecule has 33 heavy (non-hydrogen) atoms. The monoisotopic (exact) mass is 462 g/mol. The van der Waals surface area contributed by atoms with Crippen LogP contribution in [-0.4, -0.2) is 62.3 Å². The average molecular weight is 463 g/mol. The zero-order valence-corrected chi connectivity index (χ0v) is 19.9. The maximum Gasteiger partial charge on any atom is 0.342 e. The van der Waals surface area contributed by atoms with Crippen LogP contribution in [0.15, 0.2) is 24.3 Å². The molecule has 1 aliphatic carbocycles. The third-order valence-electron chi connectivity index (χ3n) is 6.40. The first-order valence-electron chi connectivity index (χ1n) is 11.5. The second kappa shape index (κ2) is 9.62. The maximum absolute atomic E-state index is 13.3. The summed E-state index contributed by atoms with van der Waals surface area (Å²) in [5.41, 5.74) is 1.25. The predicted molar refractivity (Wildman–Crippen MR) is 119 cm³/mol. The highest BCUT2D eigenvalue weighted by Crippen LogP contribution is 2.54. The molecule has 4 rings (SSSR count). The Morgan fingerprint density at radius 3 is 2.70 bits per heavy atom. The molecule has 0 aromatic heterocycles. The number of aliphatic hydroxyl groups is 1. The van der Waals surface area contributed by atoms with Gasteiger partial charge in [0.25, 0.3) is 0 Å². The standard InChI is InChI=1S/C25H34O8/c1-14-7-6-8-19(26)23-21(32-25(2,3)33-23)10-15-9-17(15)18-11-16(29-5)12-20(30-13-28-4)22(18)24(27)31-14/h6,8,11-12,14-15,17,19,21,23,26H,7,9-10,13H2,1-5H3/t14-,15?,17?,19?,21-,23+/m0/s1. The summed E-state index contributed by atoms with van der Waals surface area (Å²) in [5.74, 6) is 0.156. The van der Waals surface area contributed by atoms with Crippen LogP contribution in [0.2, 0.25) is 0 Å². The average Bonchev–Trinajstić information content (AvgIpc) is 3.45. The topological polar surface area (TPSA) is 92.7 Å². The lowest BCUT2D eigenvalue weighted by Crippen LogP contribution is -2.34. The Balaban J connectivity index is 1.71. The number of carbonyl (C=O) groups excluding carboxylic acids is 1. The first-order valence-corrected chi connectivity index (χ1v) is 11.5. The van der Waals surface area contributed by atoms with E-state index in [0.29, 0.717) is 29.9 Å². The van der Waals surface area contributed by atoms with Crippen LogP contribution in [0, 0.1) is 5.92 Å². The Hall–Kier alpha value is -2.13. The summed E-state index contributed by atoms with van der Waals surface area (Å²) in [4.78, 5) is 13.3. The zero-order chi connectivity index (χ0) is 23.8. The molecule has 0 radical (unpaired) electrons. The van der Waals surface area contributed by atoms with E-state index in [4.69, 9.17) is 28.4 Å². The molecule has 1 aromatic rings. The lowest BCUT2D eigenvalue weighted by atomic mass is 9.96. The normalized spacial score (nSPS) is 33.2. The van der Waals surface area contributed by atoms with Gasteiger partial charge in [0, 0.05) is 19.6 Å². The van der Waals surface area contributed by atoms with Crippen LogP contribution in [-0.2, 0) is 18.9 Å². The highest BCUT2D eigenvalue weighted by molar-refractivity contribution is 5.95. The van der Waals surface area contributed by atoms with Crippen molar-refractivity contribution in [2.45, 2.75) is 76.2 Å². The summed E-state index contributed by atoms with van der Waals surface area (Å²) in [5, 5.41) is 10.8. The molecular weight excluding hydrogens is 428 g/mol. The van der Waals surface area contributed by atoms with E-state index in [9.17, 15) is 9.90 Å². The van der Waals surface area contributed by atoms with Crippen molar-refractivity contribution in [2.24, 2.45) is 5.92 Å². The molecule has 2 fully saturated rings. The second-order valence-corrected chi connectivity index (χ2v) is 9.49. The van der Waals surface area contributed by atoms with E-state index in [1.165, 1.54) is 7.11 Å². The first-order chi connectivity index (χ1) is 15.7. The zero-order valence-electron chi connectivity index (χ0n) is 19.9. The molecule has 182 valence electrons. The van der Waals surface area contributed by atoms with Gasteiger partial charge in [-0.1, -0.05) is 12.2 Å². The van der Waals surface area contributed by atoms with Crippen molar-refractivity contribution in [1.29, 1.82) is 0 Å². The van der Waals surface area contributed by atoms with Crippen LogP contribution in [0.1, 0.15) is 61.9 Å². The third kappa shape index (κ3) is 5.35. The summed E-state index contributed by atoms with van der Waals surface area (Å²) >= 11 is 0. The van der Waals surface area contributed by atoms with Crippen molar-refractivity contribution in [2.75, 3.05) is 21.0 Å². The largest absolute Gasteiger partial charge is 0.497 e. The van der Waals surface area contributed by atoms with Gasteiger partial charge in [-0.15, -0.1) is 0 Å². The minimum atomic E-state index is -0.804. The third-order valence-corrected chi connectivity index (χ3v) is 6.40. The van der Waals surface area contributed by atoms with E-state index in [2.05, 4.69) is 0 Å². The number of hydrogen-bond donors (Lipinski definition) is 1. The van der Waals surface area contributed by atoms with Gasteiger partial charge in [0.05, 0.1) is 13.2 Å². The van der Waals surface area contributed by atoms with E-state index in [1.807, 2.05) is 32.9 Å². The maximum atomic E-state index is 13.3. The number of carbonyl (C=O) groups is 1. The van der Waals surface area contributed by atoms with Crippen LogP contribution in [0.3, 0.4) is 0 Å². The molecule has 1 saturated heterocycles. The first kappa shape index (κ1) is 24.0. The quantitative estimate of drug-likeness (QED) is 0.413. The summed E-state index contributed by atoms with van der Waals surface area (Å²) in [7, 11) is 3.11. The lowest BCUT2D eigenvalue weighted by molar-refractivity contribution is -0.153. The number of cyclic esters (lactones) is 1. The Bertz CT molecular complexity index is 895. The van der Waals surface area contributed by atoms with Crippen molar-refractivity contribution >= 4 is 5.97 Å². The number of rotatable bonds is 4. The minimum absolute atomic E-state index is 0.00117. The van der Waals surface area contributed by atoms with Crippen molar-refractivity contribution in [1.82, 2.24) is 0 Å². The summed E-state index contributed by atoms with van der Waals surface area (Å²) in [6.07, 6.45) is 3.66. The van der Waals surface area contributed by atoms with E-state index in [1.54, 1.807) is 19.3 Å². The molecule has 0 bridgehead atoms. The summed E-state index contributed by atoms with van der Waals surface area (Å²) in [6, 6.07) is 3.58. The highest BCUT2D eigenvalue weighted by Gasteiger charge is 2.50. The van der Waals surface area contributed by atoms with Crippen LogP contribution in [0.4, 0.5) is 0 Å². The fraction of sp³-hybridized carbons (Fsp3) is 0.640. The molecule has 1 aromatic carbocycles. The molecule has 2 heterocycles. The number of hydrogen-bond acceptors (Lipinski definition) is 8. The van der Waals surface area contributed by atoms with Crippen LogP contribution < -0.4 is 9.47 Å². The summed E-state index contributed by atoms with van der Waals surface area (Å²) in [6.45, 7) is 5.55. The van der Waals surface area contributed by atoms with E-state index >= 15 is 0 Å². The van der Waals surface area contributed by atoms with Gasteiger partial charge in [-0.2, -0.15) is 0 Å². The highest BCUT2D eigenvalue weighted by atomic mass is 16.8. The van der Waals surface area contributed by atoms with Gasteiger partial charge in [-0.3, -0.25) is 0 Å². The molecular formula is C25H34O8. The van der Waals surface area contributed by atoms with Crippen molar-refractivity contribution in [3.63, 3.8) is 0 Å². The SMILES string of the molecule is COCOc1cc(OC)cc2c1C(=O)O[C@@H](C)CC=CC(O)[C@H]1OC(C)(C)O[C@H]1CC1CC21. The van der Waals surface area contributed by atoms with Crippen molar-refractivity contribution in [3.05, 3.63) is 35.4 Å². The molecule has 6 atom stereocenters. The van der Waals surface area contributed by atoms with Crippen LogP contribution in [0.5, 0.6) is 11.5 Å². The molecule has 8 heteroatoms. The van der Waals surface area contributed by atoms with E-state index in [0.717, 1.165) is 12.0 Å². The Morgan fingerprint density at radius 2 is 1.97 bits per heavy atom. The van der Waals surface area contributed by atoms with Crippen LogP contribution in [0.25, 0.3) is 0 Å². The number of methoxy groups -OCH3 is 2. The van der Waals surface area contributed by atoms with E-state index < -0.39 is 30.1 Å². The Labute approximate surface area is 194 Å². The van der Waals surface area contributed by atoms with Gasteiger partial charge in [0.2, 0.25) is 0 Å². The number of aliphatic hydroxyl groups excluding tert-OH is 1. The second-order valence-electron chi connectivity index (χ2n) is 9.49. The number of fused-ring (bicyclic) bond motifs is 4. The molecule has 3 aliphatic rings. The van der Waals surface area contributed by atoms with Gasteiger partial charge in [-0.25, -0.2) is 4.79 Å². The number of ether oxygens (including phenoxy) is 6. The van der Waals surface area contributed by atoms with Gasteiger partial charge < -0.3 is 33.5 Å². The summed E-state index contributed by atoms with van der Waals surface area (Å²) < 4.78 is 34.3. The Kier molecular flexibility index (Phi) is 7.00. The van der Waals surface area contributed by atoms with E-state index in [-0.39, 0.29) is 24.7 Å². The molecule has 1 N–H and O–H groups in total. The molecule has 0 amide bonds. The molecule has 0 spiro atoms. The molecule has 2 aliphatic heterocycles. The number of esters is 1. The van der Waals surface area contributed by atoms with Crippen molar-refractivity contribution in [3.8, 4) is 11.5 Å². The van der Waals surface area contributed by atoms with Gasteiger partial charge in [0.1, 0.15) is 35.4 Å². The predicted octanol–water partition coefficient (Wildman–Crippen LogP) is 3.56. The van der Waals surface area contributed by atoms with Gasteiger partial charge >= 0.3 is 5.97 Å². The van der Waals surface area contributed by atoms with Gasteiger partial charge in [-0.05, 0) is 57.1 Å². The smallest absolute Gasteiger partial charge is 0.342 e. The Morgan fingerprint density at radius 1 is 1.18 bits per heavy atom. The number of benzene rings is 1. The lowest BCUT2D eigenvalue weighted by Gasteiger charge is -2.22.